The van der Waals surface area contributed by atoms with Gasteiger partial charge in [-0.15, -0.1) is 0 Å². The Labute approximate surface area is 118 Å². The smallest absolute Gasteiger partial charge is 0.146 e. The number of ether oxygens (including phenoxy) is 1. The number of hydrogen-bond donors (Lipinski definition) is 0. The van der Waals surface area contributed by atoms with Crippen LogP contribution in [0.25, 0.3) is 0 Å². The van der Waals surface area contributed by atoms with Crippen LogP contribution in [0.3, 0.4) is 0 Å². The Bertz CT molecular complexity index is 629. The first-order chi connectivity index (χ1) is 9.11. The van der Waals surface area contributed by atoms with Gasteiger partial charge < -0.3 is 4.74 Å². The Hall–Kier alpha value is -1.98. The Morgan fingerprint density at radius 3 is 2.58 bits per heavy atom. The highest BCUT2D eigenvalue weighted by molar-refractivity contribution is 6.31. The molecule has 0 amide bonds. The third-order valence-corrected chi connectivity index (χ3v) is 3.15. The van der Waals surface area contributed by atoms with Gasteiger partial charge in [0.2, 0.25) is 0 Å². The van der Waals surface area contributed by atoms with E-state index in [1.165, 1.54) is 5.56 Å². The average Bonchev–Trinajstić information content (AvgIpc) is 2.39. The normalized spacial score (nSPS) is 10.3. The molecule has 0 saturated heterocycles. The zero-order valence-electron chi connectivity index (χ0n) is 10.9. The summed E-state index contributed by atoms with van der Waals surface area (Å²) in [6.45, 7) is 4.25. The summed E-state index contributed by atoms with van der Waals surface area (Å²) in [5.74, 6) is 1.62. The first kappa shape index (κ1) is 13.5. The SMILES string of the molecule is CC(C)c1cccc(Oc2cccc(Cl)c2C#N)c1. The van der Waals surface area contributed by atoms with E-state index >= 15 is 0 Å². The van der Waals surface area contributed by atoms with E-state index in [2.05, 4.69) is 26.0 Å². The van der Waals surface area contributed by atoms with Crippen molar-refractivity contribution in [2.75, 3.05) is 0 Å². The molecule has 0 N–H and O–H groups in total. The molecule has 0 aromatic heterocycles. The lowest BCUT2D eigenvalue weighted by molar-refractivity contribution is 0.480. The summed E-state index contributed by atoms with van der Waals surface area (Å²) in [6.07, 6.45) is 0. The van der Waals surface area contributed by atoms with Crippen molar-refractivity contribution in [3.05, 3.63) is 58.6 Å². The molecule has 2 aromatic carbocycles. The van der Waals surface area contributed by atoms with E-state index in [1.807, 2.05) is 18.2 Å². The predicted octanol–water partition coefficient (Wildman–Crippen LogP) is 5.13. The fourth-order valence-electron chi connectivity index (χ4n) is 1.76. The lowest BCUT2D eigenvalue weighted by Gasteiger charge is -2.11. The van der Waals surface area contributed by atoms with Gasteiger partial charge in [-0.2, -0.15) is 5.26 Å². The minimum Gasteiger partial charge on any atom is -0.456 e. The van der Waals surface area contributed by atoms with Gasteiger partial charge in [-0.1, -0.05) is 43.6 Å². The monoisotopic (exact) mass is 271 g/mol. The maximum atomic E-state index is 9.11. The Balaban J connectivity index is 2.34. The molecule has 0 radical (unpaired) electrons. The number of benzene rings is 2. The Morgan fingerprint density at radius 1 is 1.16 bits per heavy atom. The standard InChI is InChI=1S/C16H14ClNO/c1-11(2)12-5-3-6-13(9-12)19-16-8-4-7-15(17)14(16)10-18/h3-9,11H,1-2H3. The number of hydrogen-bond acceptors (Lipinski definition) is 2. The molecule has 0 atom stereocenters. The van der Waals surface area contributed by atoms with Crippen LogP contribution in [-0.2, 0) is 0 Å². The second-order valence-electron chi connectivity index (χ2n) is 4.55. The van der Waals surface area contributed by atoms with Gasteiger partial charge in [0.25, 0.3) is 0 Å². The highest BCUT2D eigenvalue weighted by Gasteiger charge is 2.09. The number of nitriles is 1. The van der Waals surface area contributed by atoms with Crippen LogP contribution in [0.5, 0.6) is 11.5 Å². The molecule has 0 saturated carbocycles. The van der Waals surface area contributed by atoms with E-state index < -0.39 is 0 Å². The third-order valence-electron chi connectivity index (χ3n) is 2.84. The summed E-state index contributed by atoms with van der Waals surface area (Å²) in [6, 6.07) is 15.1. The molecular weight excluding hydrogens is 258 g/mol. The van der Waals surface area contributed by atoms with E-state index in [0.29, 0.717) is 28.0 Å². The molecule has 0 fully saturated rings. The van der Waals surface area contributed by atoms with E-state index in [0.717, 1.165) is 0 Å². The number of halogens is 1. The molecule has 96 valence electrons. The fraction of sp³-hybridized carbons (Fsp3) is 0.188. The van der Waals surface area contributed by atoms with E-state index in [-0.39, 0.29) is 0 Å². The van der Waals surface area contributed by atoms with Crippen LogP contribution >= 0.6 is 11.6 Å². The van der Waals surface area contributed by atoms with Crippen LogP contribution < -0.4 is 4.74 Å². The molecular formula is C16H14ClNO. The first-order valence-electron chi connectivity index (χ1n) is 6.08. The van der Waals surface area contributed by atoms with Gasteiger partial charge in [-0.3, -0.25) is 0 Å². The van der Waals surface area contributed by atoms with Crippen molar-refractivity contribution in [3.63, 3.8) is 0 Å². The average molecular weight is 272 g/mol. The molecule has 0 spiro atoms. The van der Waals surface area contributed by atoms with E-state index in [1.54, 1.807) is 18.2 Å². The van der Waals surface area contributed by atoms with Crippen LogP contribution in [0.2, 0.25) is 5.02 Å². The summed E-state index contributed by atoms with van der Waals surface area (Å²) in [7, 11) is 0. The molecule has 0 bridgehead atoms. The molecule has 0 aliphatic heterocycles. The molecule has 3 heteroatoms. The fourth-order valence-corrected chi connectivity index (χ4v) is 1.97. The van der Waals surface area contributed by atoms with Gasteiger partial charge in [0, 0.05) is 0 Å². The molecule has 19 heavy (non-hydrogen) atoms. The van der Waals surface area contributed by atoms with Crippen molar-refractivity contribution >= 4 is 11.6 Å². The van der Waals surface area contributed by atoms with Crippen LogP contribution in [0, 0.1) is 11.3 Å². The highest BCUT2D eigenvalue weighted by atomic mass is 35.5. The third kappa shape index (κ3) is 3.07. The summed E-state index contributed by atoms with van der Waals surface area (Å²) < 4.78 is 5.77. The van der Waals surface area contributed by atoms with Gasteiger partial charge in [0.1, 0.15) is 23.1 Å². The minimum absolute atomic E-state index is 0.360. The molecule has 2 rings (SSSR count). The highest BCUT2D eigenvalue weighted by Crippen LogP contribution is 2.30. The summed E-state index contributed by atoms with van der Waals surface area (Å²) in [5, 5.41) is 9.51. The maximum absolute atomic E-state index is 9.11. The van der Waals surface area contributed by atoms with Gasteiger partial charge in [0.15, 0.2) is 0 Å². The molecule has 0 heterocycles. The Morgan fingerprint density at radius 2 is 1.89 bits per heavy atom. The Kier molecular flexibility index (Phi) is 4.09. The van der Waals surface area contributed by atoms with Crippen molar-refractivity contribution in [2.45, 2.75) is 19.8 Å². The quantitative estimate of drug-likeness (QED) is 0.775. The van der Waals surface area contributed by atoms with Gasteiger partial charge in [-0.05, 0) is 35.7 Å². The lowest BCUT2D eigenvalue weighted by atomic mass is 10.0. The van der Waals surface area contributed by atoms with Gasteiger partial charge in [-0.25, -0.2) is 0 Å². The molecule has 2 nitrogen and oxygen atoms in total. The lowest BCUT2D eigenvalue weighted by Crippen LogP contribution is -1.91. The van der Waals surface area contributed by atoms with E-state index in [4.69, 9.17) is 21.6 Å². The predicted molar refractivity (Wildman–Crippen MR) is 76.8 cm³/mol. The van der Waals surface area contributed by atoms with Crippen LogP contribution in [0.15, 0.2) is 42.5 Å². The van der Waals surface area contributed by atoms with Crippen molar-refractivity contribution in [1.29, 1.82) is 5.26 Å². The number of rotatable bonds is 3. The summed E-state index contributed by atoms with van der Waals surface area (Å²) >= 11 is 5.97. The second kappa shape index (κ2) is 5.77. The summed E-state index contributed by atoms with van der Waals surface area (Å²) in [5.41, 5.74) is 1.55. The first-order valence-corrected chi connectivity index (χ1v) is 6.46. The largest absolute Gasteiger partial charge is 0.456 e. The summed E-state index contributed by atoms with van der Waals surface area (Å²) in [4.78, 5) is 0. The van der Waals surface area contributed by atoms with Crippen LogP contribution in [0.4, 0.5) is 0 Å². The minimum atomic E-state index is 0.360. The number of nitrogens with zero attached hydrogens (tertiary/aromatic N) is 1. The zero-order valence-corrected chi connectivity index (χ0v) is 11.6. The van der Waals surface area contributed by atoms with Crippen molar-refractivity contribution < 1.29 is 4.74 Å². The van der Waals surface area contributed by atoms with Gasteiger partial charge >= 0.3 is 0 Å². The molecule has 2 aromatic rings. The molecule has 0 aliphatic rings. The topological polar surface area (TPSA) is 33.0 Å². The van der Waals surface area contributed by atoms with Crippen molar-refractivity contribution in [1.82, 2.24) is 0 Å². The van der Waals surface area contributed by atoms with Crippen molar-refractivity contribution in [3.8, 4) is 17.6 Å². The van der Waals surface area contributed by atoms with E-state index in [9.17, 15) is 0 Å². The molecule has 0 unspecified atom stereocenters. The van der Waals surface area contributed by atoms with Crippen molar-refractivity contribution in [2.24, 2.45) is 0 Å². The van der Waals surface area contributed by atoms with Crippen LogP contribution in [0.1, 0.15) is 30.9 Å². The maximum Gasteiger partial charge on any atom is 0.146 e. The van der Waals surface area contributed by atoms with Gasteiger partial charge in [0.05, 0.1) is 5.02 Å². The van der Waals surface area contributed by atoms with Crippen LogP contribution in [-0.4, -0.2) is 0 Å². The zero-order chi connectivity index (χ0) is 13.8. The molecule has 0 aliphatic carbocycles. The second-order valence-corrected chi connectivity index (χ2v) is 4.96.